The highest BCUT2D eigenvalue weighted by Crippen LogP contribution is 2.35. The third-order valence-electron chi connectivity index (χ3n) is 5.40. The fourth-order valence-corrected chi connectivity index (χ4v) is 4.28. The minimum Gasteiger partial charge on any atom is -0.448 e. The van der Waals surface area contributed by atoms with Crippen molar-refractivity contribution in [2.45, 2.75) is 32.4 Å². The summed E-state index contributed by atoms with van der Waals surface area (Å²) in [5.74, 6) is 0.964. The molecule has 0 radical (unpaired) electrons. The van der Waals surface area contributed by atoms with Crippen molar-refractivity contribution in [1.29, 1.82) is 0 Å². The molecular weight excluding hydrogens is 332 g/mol. The van der Waals surface area contributed by atoms with Gasteiger partial charge in [-0.15, -0.1) is 0 Å². The molecular formula is C19H24N4O3. The molecule has 0 saturated carbocycles. The van der Waals surface area contributed by atoms with Crippen LogP contribution in [0.15, 0.2) is 27.7 Å². The van der Waals surface area contributed by atoms with Crippen LogP contribution in [0.2, 0.25) is 0 Å². The molecule has 26 heavy (non-hydrogen) atoms. The molecule has 2 bridgehead atoms. The molecule has 1 saturated heterocycles. The number of carbonyl (C=O) groups excluding carboxylic acids is 1. The number of nitrogens with zero attached hydrogens (tertiary/aromatic N) is 4. The molecule has 0 unspecified atom stereocenters. The van der Waals surface area contributed by atoms with E-state index in [4.69, 9.17) is 4.42 Å². The second kappa shape index (κ2) is 6.39. The number of aromatic nitrogens is 2. The summed E-state index contributed by atoms with van der Waals surface area (Å²) in [7, 11) is 3.93. The Hall–Kier alpha value is -2.41. The predicted molar refractivity (Wildman–Crippen MR) is 96.1 cm³/mol. The Kier molecular flexibility index (Phi) is 4.19. The fourth-order valence-electron chi connectivity index (χ4n) is 4.28. The highest BCUT2D eigenvalue weighted by Gasteiger charge is 2.37. The lowest BCUT2D eigenvalue weighted by Gasteiger charge is -2.42. The van der Waals surface area contributed by atoms with Gasteiger partial charge in [0.15, 0.2) is 12.1 Å². The van der Waals surface area contributed by atoms with Crippen LogP contribution in [0.5, 0.6) is 0 Å². The van der Waals surface area contributed by atoms with Crippen molar-refractivity contribution in [3.63, 3.8) is 0 Å². The summed E-state index contributed by atoms with van der Waals surface area (Å²) in [5, 5.41) is 0. The Bertz CT molecular complexity index is 898. The van der Waals surface area contributed by atoms with Gasteiger partial charge in [0.2, 0.25) is 0 Å². The normalized spacial score (nSPS) is 21.8. The molecule has 0 spiro atoms. The zero-order valence-corrected chi connectivity index (χ0v) is 15.4. The summed E-state index contributed by atoms with van der Waals surface area (Å²) in [6.45, 7) is 4.35. The first-order valence-corrected chi connectivity index (χ1v) is 9.00. The van der Waals surface area contributed by atoms with E-state index in [1.165, 1.54) is 6.39 Å². The maximum Gasteiger partial charge on any atom is 0.276 e. The average Bonchev–Trinajstić information content (AvgIpc) is 3.02. The molecule has 1 fully saturated rings. The zero-order chi connectivity index (χ0) is 18.4. The second-order valence-electron chi connectivity index (χ2n) is 7.70. The minimum absolute atomic E-state index is 0.0778. The number of likely N-dealkylation sites (tertiary alicyclic amines) is 1. The first kappa shape index (κ1) is 17.0. The number of fused-ring (bicyclic) bond motifs is 4. The molecule has 7 nitrogen and oxygen atoms in total. The standard InChI is InChI=1S/C19H24N4O3/c1-12-17(20-11-26-12)19(25)22-7-13-6-15(10-22)16-5-4-14(9-21(2)3)18(24)23(16)8-13/h4-5,11,13,15H,6-10H2,1-3H3/t13-,15+/m0/s1. The molecule has 1 amide bonds. The molecule has 0 N–H and O–H groups in total. The van der Waals surface area contributed by atoms with Gasteiger partial charge in [0.05, 0.1) is 0 Å². The molecule has 2 atom stereocenters. The fraction of sp³-hybridized carbons (Fsp3) is 0.526. The number of oxazole rings is 1. The zero-order valence-electron chi connectivity index (χ0n) is 15.4. The maximum absolute atomic E-state index is 12.9. The quantitative estimate of drug-likeness (QED) is 0.833. The maximum atomic E-state index is 12.9. The molecule has 2 aromatic heterocycles. The molecule has 0 aromatic carbocycles. The van der Waals surface area contributed by atoms with Gasteiger partial charge >= 0.3 is 0 Å². The van der Waals surface area contributed by atoms with Gasteiger partial charge in [0.1, 0.15) is 5.76 Å². The van der Waals surface area contributed by atoms with Crippen LogP contribution in [0.3, 0.4) is 0 Å². The monoisotopic (exact) mass is 356 g/mol. The number of piperidine rings is 1. The second-order valence-corrected chi connectivity index (χ2v) is 7.70. The molecule has 4 rings (SSSR count). The van der Waals surface area contributed by atoms with E-state index in [-0.39, 0.29) is 17.4 Å². The van der Waals surface area contributed by atoms with Crippen molar-refractivity contribution in [2.24, 2.45) is 5.92 Å². The van der Waals surface area contributed by atoms with E-state index in [0.717, 1.165) is 17.7 Å². The van der Waals surface area contributed by atoms with Gasteiger partial charge in [-0.25, -0.2) is 4.98 Å². The first-order chi connectivity index (χ1) is 12.4. The van der Waals surface area contributed by atoms with Gasteiger partial charge in [-0.2, -0.15) is 0 Å². The highest BCUT2D eigenvalue weighted by atomic mass is 16.3. The number of rotatable bonds is 3. The van der Waals surface area contributed by atoms with E-state index < -0.39 is 0 Å². The predicted octanol–water partition coefficient (Wildman–Crippen LogP) is 1.47. The topological polar surface area (TPSA) is 71.6 Å². The number of hydrogen-bond acceptors (Lipinski definition) is 5. The average molecular weight is 356 g/mol. The number of aryl methyl sites for hydroxylation is 1. The summed E-state index contributed by atoms with van der Waals surface area (Å²) in [5.41, 5.74) is 2.37. The van der Waals surface area contributed by atoms with Gasteiger partial charge in [0, 0.05) is 43.4 Å². The van der Waals surface area contributed by atoms with Crippen LogP contribution in [-0.2, 0) is 13.1 Å². The Balaban J connectivity index is 1.62. The van der Waals surface area contributed by atoms with E-state index in [1.54, 1.807) is 6.92 Å². The van der Waals surface area contributed by atoms with Crippen molar-refractivity contribution >= 4 is 5.91 Å². The molecule has 4 heterocycles. The van der Waals surface area contributed by atoms with Crippen LogP contribution in [0.1, 0.15) is 39.8 Å². The largest absolute Gasteiger partial charge is 0.448 e. The van der Waals surface area contributed by atoms with Gasteiger partial charge < -0.3 is 18.8 Å². The van der Waals surface area contributed by atoms with Crippen LogP contribution in [-0.4, -0.2) is 52.4 Å². The number of carbonyl (C=O) groups is 1. The molecule has 2 aliphatic rings. The molecule has 7 heteroatoms. The van der Waals surface area contributed by atoms with Gasteiger partial charge in [0.25, 0.3) is 11.5 Å². The lowest BCUT2D eigenvalue weighted by atomic mass is 9.82. The van der Waals surface area contributed by atoms with E-state index in [9.17, 15) is 9.59 Å². The molecule has 2 aromatic rings. The minimum atomic E-state index is -0.0778. The Morgan fingerprint density at radius 2 is 2.12 bits per heavy atom. The molecule has 2 aliphatic heterocycles. The smallest absolute Gasteiger partial charge is 0.276 e. The van der Waals surface area contributed by atoms with Crippen molar-refractivity contribution < 1.29 is 9.21 Å². The van der Waals surface area contributed by atoms with Crippen LogP contribution in [0.25, 0.3) is 0 Å². The molecule has 0 aliphatic carbocycles. The van der Waals surface area contributed by atoms with E-state index in [2.05, 4.69) is 11.1 Å². The third-order valence-corrected chi connectivity index (χ3v) is 5.40. The Morgan fingerprint density at radius 3 is 2.81 bits per heavy atom. The third kappa shape index (κ3) is 2.86. The summed E-state index contributed by atoms with van der Waals surface area (Å²) < 4.78 is 7.11. The number of hydrogen-bond donors (Lipinski definition) is 0. The number of pyridine rings is 1. The number of amides is 1. The lowest BCUT2D eigenvalue weighted by Crippen LogP contribution is -2.49. The van der Waals surface area contributed by atoms with Gasteiger partial charge in [-0.1, -0.05) is 6.07 Å². The summed E-state index contributed by atoms with van der Waals surface area (Å²) in [6.07, 6.45) is 2.34. The van der Waals surface area contributed by atoms with Crippen LogP contribution < -0.4 is 5.56 Å². The van der Waals surface area contributed by atoms with Gasteiger partial charge in [-0.3, -0.25) is 9.59 Å². The van der Waals surface area contributed by atoms with Crippen molar-refractivity contribution in [2.75, 3.05) is 27.2 Å². The summed E-state index contributed by atoms with van der Waals surface area (Å²) in [6, 6.07) is 4.01. The van der Waals surface area contributed by atoms with E-state index in [0.29, 0.717) is 43.6 Å². The van der Waals surface area contributed by atoms with E-state index in [1.807, 2.05) is 34.5 Å². The van der Waals surface area contributed by atoms with Crippen molar-refractivity contribution in [3.05, 3.63) is 51.6 Å². The van der Waals surface area contributed by atoms with Crippen LogP contribution >= 0.6 is 0 Å². The van der Waals surface area contributed by atoms with Crippen LogP contribution in [0.4, 0.5) is 0 Å². The first-order valence-electron chi connectivity index (χ1n) is 9.00. The van der Waals surface area contributed by atoms with E-state index >= 15 is 0 Å². The van der Waals surface area contributed by atoms with Gasteiger partial charge in [-0.05, 0) is 39.4 Å². The highest BCUT2D eigenvalue weighted by molar-refractivity contribution is 5.93. The van der Waals surface area contributed by atoms with Crippen LogP contribution in [0, 0.1) is 12.8 Å². The Labute approximate surface area is 152 Å². The SMILES string of the molecule is Cc1ocnc1C(=O)N1C[C@@H]2C[C@H](C1)c1ccc(CN(C)C)c(=O)n1C2. The summed E-state index contributed by atoms with van der Waals surface area (Å²) in [4.78, 5) is 33.6. The van der Waals surface area contributed by atoms with Crippen molar-refractivity contribution in [3.8, 4) is 0 Å². The Morgan fingerprint density at radius 1 is 1.31 bits per heavy atom. The summed E-state index contributed by atoms with van der Waals surface area (Å²) >= 11 is 0. The van der Waals surface area contributed by atoms with Crippen molar-refractivity contribution in [1.82, 2.24) is 19.4 Å². The lowest BCUT2D eigenvalue weighted by molar-refractivity contribution is 0.0587. The molecule has 138 valence electrons.